The molecule has 1 fully saturated rings. The van der Waals surface area contributed by atoms with E-state index in [0.717, 1.165) is 50.8 Å². The number of carbonyl (C=O) groups excluding carboxylic acids is 1. The number of pyridine rings is 1. The summed E-state index contributed by atoms with van der Waals surface area (Å²) in [6.07, 6.45) is 4.87. The first-order chi connectivity index (χ1) is 11.8. The zero-order valence-corrected chi connectivity index (χ0v) is 13.5. The third-order valence-corrected chi connectivity index (χ3v) is 3.86. The van der Waals surface area contributed by atoms with Crippen molar-refractivity contribution in [3.63, 3.8) is 0 Å². The van der Waals surface area contributed by atoms with E-state index >= 15 is 0 Å². The van der Waals surface area contributed by atoms with E-state index in [1.807, 2.05) is 12.1 Å². The topological polar surface area (TPSA) is 79.6 Å². The molecule has 3 rings (SSSR count). The molecule has 1 aliphatic heterocycles. The SMILES string of the molecule is O=C(NCc1ccco1)c1cncc(NCCN2CCOCC2)c1. The van der Waals surface area contributed by atoms with Gasteiger partial charge >= 0.3 is 0 Å². The predicted octanol–water partition coefficient (Wildman–Crippen LogP) is 1.35. The molecule has 3 heterocycles. The van der Waals surface area contributed by atoms with Crippen molar-refractivity contribution in [3.8, 4) is 0 Å². The lowest BCUT2D eigenvalue weighted by atomic mass is 10.2. The van der Waals surface area contributed by atoms with Crippen LogP contribution in [0.5, 0.6) is 0 Å². The van der Waals surface area contributed by atoms with E-state index in [4.69, 9.17) is 9.15 Å². The molecule has 2 aromatic rings. The fraction of sp³-hybridized carbons (Fsp3) is 0.412. The zero-order valence-electron chi connectivity index (χ0n) is 13.5. The Bertz CT molecular complexity index is 639. The molecule has 0 bridgehead atoms. The van der Waals surface area contributed by atoms with Gasteiger partial charge in [-0.2, -0.15) is 0 Å². The fourth-order valence-corrected chi connectivity index (χ4v) is 2.53. The first kappa shape index (κ1) is 16.5. The molecule has 2 aromatic heterocycles. The van der Waals surface area contributed by atoms with Gasteiger partial charge in [0.1, 0.15) is 5.76 Å². The highest BCUT2D eigenvalue weighted by Crippen LogP contribution is 2.09. The van der Waals surface area contributed by atoms with Crippen LogP contribution in [0.25, 0.3) is 0 Å². The minimum atomic E-state index is -0.171. The fourth-order valence-electron chi connectivity index (χ4n) is 2.53. The van der Waals surface area contributed by atoms with Crippen molar-refractivity contribution in [2.45, 2.75) is 6.54 Å². The van der Waals surface area contributed by atoms with Crippen LogP contribution in [0, 0.1) is 0 Å². The summed E-state index contributed by atoms with van der Waals surface area (Å²) in [6, 6.07) is 5.42. The largest absolute Gasteiger partial charge is 0.467 e. The number of morpholine rings is 1. The number of aromatic nitrogens is 1. The van der Waals surface area contributed by atoms with Crippen molar-refractivity contribution in [3.05, 3.63) is 48.2 Å². The highest BCUT2D eigenvalue weighted by molar-refractivity contribution is 5.94. The monoisotopic (exact) mass is 330 g/mol. The number of nitrogens with zero attached hydrogens (tertiary/aromatic N) is 2. The van der Waals surface area contributed by atoms with Crippen LogP contribution in [0.2, 0.25) is 0 Å². The minimum absolute atomic E-state index is 0.171. The number of hydrogen-bond acceptors (Lipinski definition) is 6. The Morgan fingerprint density at radius 3 is 2.96 bits per heavy atom. The molecule has 0 spiro atoms. The van der Waals surface area contributed by atoms with Crippen LogP contribution < -0.4 is 10.6 Å². The molecule has 0 atom stereocenters. The highest BCUT2D eigenvalue weighted by Gasteiger charge is 2.10. The molecule has 0 aromatic carbocycles. The Balaban J connectivity index is 1.46. The summed E-state index contributed by atoms with van der Waals surface area (Å²) in [5, 5.41) is 6.13. The molecule has 0 unspecified atom stereocenters. The van der Waals surface area contributed by atoms with E-state index in [-0.39, 0.29) is 5.91 Å². The van der Waals surface area contributed by atoms with Crippen LogP contribution in [0.15, 0.2) is 41.3 Å². The summed E-state index contributed by atoms with van der Waals surface area (Å²) in [4.78, 5) is 18.7. The number of furan rings is 1. The van der Waals surface area contributed by atoms with Crippen molar-refractivity contribution in [1.29, 1.82) is 0 Å². The maximum absolute atomic E-state index is 12.2. The van der Waals surface area contributed by atoms with E-state index in [1.165, 1.54) is 0 Å². The Morgan fingerprint density at radius 2 is 2.17 bits per heavy atom. The molecule has 0 saturated carbocycles. The molecular weight excluding hydrogens is 308 g/mol. The van der Waals surface area contributed by atoms with Crippen molar-refractivity contribution < 1.29 is 13.9 Å². The Hall–Kier alpha value is -2.38. The smallest absolute Gasteiger partial charge is 0.253 e. The van der Waals surface area contributed by atoms with Crippen LogP contribution in [-0.4, -0.2) is 55.2 Å². The van der Waals surface area contributed by atoms with E-state index in [1.54, 1.807) is 24.7 Å². The molecule has 1 saturated heterocycles. The van der Waals surface area contributed by atoms with Crippen LogP contribution >= 0.6 is 0 Å². The van der Waals surface area contributed by atoms with Gasteiger partial charge in [-0.1, -0.05) is 0 Å². The van der Waals surface area contributed by atoms with Gasteiger partial charge in [0.2, 0.25) is 0 Å². The maximum Gasteiger partial charge on any atom is 0.253 e. The molecule has 2 N–H and O–H groups in total. The molecule has 7 heteroatoms. The van der Waals surface area contributed by atoms with Crippen LogP contribution in [0.3, 0.4) is 0 Å². The second kappa shape index (κ2) is 8.47. The summed E-state index contributed by atoms with van der Waals surface area (Å²) < 4.78 is 10.5. The summed E-state index contributed by atoms with van der Waals surface area (Å²) in [5.74, 6) is 0.548. The van der Waals surface area contributed by atoms with E-state index in [0.29, 0.717) is 12.1 Å². The Kier molecular flexibility index (Phi) is 5.81. The summed E-state index contributed by atoms with van der Waals surface area (Å²) in [6.45, 7) is 5.64. The van der Waals surface area contributed by atoms with Crippen LogP contribution in [-0.2, 0) is 11.3 Å². The Morgan fingerprint density at radius 1 is 1.29 bits per heavy atom. The second-order valence-electron chi connectivity index (χ2n) is 5.61. The molecule has 24 heavy (non-hydrogen) atoms. The quantitative estimate of drug-likeness (QED) is 0.798. The number of rotatable bonds is 7. The van der Waals surface area contributed by atoms with Crippen LogP contribution in [0.4, 0.5) is 5.69 Å². The molecule has 1 aliphatic rings. The number of ether oxygens (including phenoxy) is 1. The van der Waals surface area contributed by atoms with Crippen molar-refractivity contribution in [2.24, 2.45) is 0 Å². The molecular formula is C17H22N4O3. The Labute approximate surface area is 141 Å². The molecule has 128 valence electrons. The number of amides is 1. The third kappa shape index (κ3) is 4.81. The number of hydrogen-bond donors (Lipinski definition) is 2. The van der Waals surface area contributed by atoms with Gasteiger partial charge in [0.05, 0.1) is 37.3 Å². The molecule has 1 amide bonds. The lowest BCUT2D eigenvalue weighted by Gasteiger charge is -2.26. The first-order valence-electron chi connectivity index (χ1n) is 8.11. The van der Waals surface area contributed by atoms with Crippen molar-refractivity contribution in [1.82, 2.24) is 15.2 Å². The molecule has 0 aliphatic carbocycles. The standard InChI is InChI=1S/C17H22N4O3/c22-17(20-13-16-2-1-7-24-16)14-10-15(12-18-11-14)19-3-4-21-5-8-23-9-6-21/h1-2,7,10-12,19H,3-6,8-9,13H2,(H,20,22). The van der Waals surface area contributed by atoms with Gasteiger partial charge < -0.3 is 19.8 Å². The van der Waals surface area contributed by atoms with Crippen LogP contribution in [0.1, 0.15) is 16.1 Å². The number of carbonyl (C=O) groups is 1. The molecule has 0 radical (unpaired) electrons. The summed E-state index contributed by atoms with van der Waals surface area (Å²) in [5.41, 5.74) is 1.37. The summed E-state index contributed by atoms with van der Waals surface area (Å²) >= 11 is 0. The predicted molar refractivity (Wildman–Crippen MR) is 89.9 cm³/mol. The number of anilines is 1. The average Bonchev–Trinajstić information content (AvgIpc) is 3.14. The molecule has 7 nitrogen and oxygen atoms in total. The van der Waals surface area contributed by atoms with Crippen molar-refractivity contribution >= 4 is 11.6 Å². The normalized spacial score (nSPS) is 15.2. The van der Waals surface area contributed by atoms with Crippen molar-refractivity contribution in [2.75, 3.05) is 44.7 Å². The third-order valence-electron chi connectivity index (χ3n) is 3.86. The van der Waals surface area contributed by atoms with Gasteiger partial charge in [0, 0.05) is 38.6 Å². The van der Waals surface area contributed by atoms with Gasteiger partial charge in [-0.05, 0) is 18.2 Å². The highest BCUT2D eigenvalue weighted by atomic mass is 16.5. The van der Waals surface area contributed by atoms with Gasteiger partial charge in [-0.15, -0.1) is 0 Å². The first-order valence-corrected chi connectivity index (χ1v) is 8.11. The van der Waals surface area contributed by atoms with E-state index in [9.17, 15) is 4.79 Å². The van der Waals surface area contributed by atoms with Gasteiger partial charge in [-0.3, -0.25) is 14.7 Å². The average molecular weight is 330 g/mol. The number of nitrogens with one attached hydrogen (secondary N) is 2. The van der Waals surface area contributed by atoms with Gasteiger partial charge in [-0.25, -0.2) is 0 Å². The van der Waals surface area contributed by atoms with E-state index < -0.39 is 0 Å². The van der Waals surface area contributed by atoms with Gasteiger partial charge in [0.15, 0.2) is 0 Å². The lowest BCUT2D eigenvalue weighted by Crippen LogP contribution is -2.39. The zero-order chi connectivity index (χ0) is 16.6. The van der Waals surface area contributed by atoms with Gasteiger partial charge in [0.25, 0.3) is 5.91 Å². The summed E-state index contributed by atoms with van der Waals surface area (Å²) in [7, 11) is 0. The minimum Gasteiger partial charge on any atom is -0.467 e. The van der Waals surface area contributed by atoms with E-state index in [2.05, 4.69) is 20.5 Å². The maximum atomic E-state index is 12.2. The second-order valence-corrected chi connectivity index (χ2v) is 5.61. The lowest BCUT2D eigenvalue weighted by molar-refractivity contribution is 0.0398.